The van der Waals surface area contributed by atoms with E-state index in [1.807, 2.05) is 0 Å². The minimum atomic E-state index is -0.0370. The second-order valence-electron chi connectivity index (χ2n) is 6.00. The van der Waals surface area contributed by atoms with E-state index in [-0.39, 0.29) is 5.91 Å². The molecule has 0 saturated heterocycles. The van der Waals surface area contributed by atoms with Crippen LogP contribution in [-0.2, 0) is 13.0 Å². The first-order valence-corrected chi connectivity index (χ1v) is 8.30. The maximum absolute atomic E-state index is 11.9. The maximum Gasteiger partial charge on any atom is 0.252 e. The fourth-order valence-corrected chi connectivity index (χ4v) is 3.01. The third-order valence-corrected chi connectivity index (χ3v) is 4.32. The molecule has 2 aromatic rings. The van der Waals surface area contributed by atoms with Crippen LogP contribution in [0.15, 0.2) is 48.8 Å². The number of amides is 1. The predicted molar refractivity (Wildman–Crippen MR) is 91.2 cm³/mol. The average molecular weight is 309 g/mol. The summed E-state index contributed by atoms with van der Waals surface area (Å²) in [5, 5.41) is 2.95. The van der Waals surface area contributed by atoms with Crippen molar-refractivity contribution < 1.29 is 4.79 Å². The molecule has 0 bridgehead atoms. The van der Waals surface area contributed by atoms with Gasteiger partial charge in [-0.05, 0) is 49.1 Å². The summed E-state index contributed by atoms with van der Waals surface area (Å²) in [6.07, 6.45) is 6.53. The molecule has 1 N–H and O–H groups in total. The van der Waals surface area contributed by atoms with Gasteiger partial charge in [0.05, 0.1) is 5.56 Å². The van der Waals surface area contributed by atoms with Crippen LogP contribution in [0.25, 0.3) is 0 Å². The quantitative estimate of drug-likeness (QED) is 0.834. The number of nitrogens with one attached hydrogen (secondary N) is 1. The van der Waals surface area contributed by atoms with Gasteiger partial charge in [0.1, 0.15) is 0 Å². The summed E-state index contributed by atoms with van der Waals surface area (Å²) >= 11 is 0. The standard InChI is InChI=1S/C19H23N3O/c23-19(17-8-5-10-20-14-17)21-11-3-4-12-22-13-9-16-6-1-2-7-18(16)15-22/h1-2,5-8,10,14H,3-4,9,11-13,15H2,(H,21,23). The summed E-state index contributed by atoms with van der Waals surface area (Å²) in [6.45, 7) is 4.01. The molecule has 4 nitrogen and oxygen atoms in total. The van der Waals surface area contributed by atoms with Crippen molar-refractivity contribution in [2.24, 2.45) is 0 Å². The molecule has 0 radical (unpaired) electrons. The van der Waals surface area contributed by atoms with Crippen molar-refractivity contribution in [3.8, 4) is 0 Å². The van der Waals surface area contributed by atoms with E-state index in [4.69, 9.17) is 0 Å². The molecule has 3 rings (SSSR count). The van der Waals surface area contributed by atoms with E-state index in [0.29, 0.717) is 5.56 Å². The number of nitrogens with zero attached hydrogens (tertiary/aromatic N) is 2. The Balaban J connectivity index is 1.34. The molecule has 1 amide bonds. The van der Waals surface area contributed by atoms with Crippen molar-refractivity contribution >= 4 is 5.91 Å². The lowest BCUT2D eigenvalue weighted by Gasteiger charge is -2.28. The van der Waals surface area contributed by atoms with E-state index in [1.165, 1.54) is 11.1 Å². The molecule has 0 unspecified atom stereocenters. The van der Waals surface area contributed by atoms with E-state index in [0.717, 1.165) is 45.4 Å². The van der Waals surface area contributed by atoms with Crippen LogP contribution in [0.1, 0.15) is 34.3 Å². The molecule has 0 fully saturated rings. The van der Waals surface area contributed by atoms with Gasteiger partial charge in [-0.25, -0.2) is 0 Å². The fourth-order valence-electron chi connectivity index (χ4n) is 3.01. The third kappa shape index (κ3) is 4.39. The lowest BCUT2D eigenvalue weighted by molar-refractivity contribution is 0.0952. The molecule has 2 heterocycles. The Labute approximate surface area is 137 Å². The van der Waals surface area contributed by atoms with Crippen molar-refractivity contribution in [2.45, 2.75) is 25.8 Å². The number of fused-ring (bicyclic) bond motifs is 1. The SMILES string of the molecule is O=C(NCCCCN1CCc2ccccc2C1)c1cccnc1. The van der Waals surface area contributed by atoms with Crippen molar-refractivity contribution in [3.63, 3.8) is 0 Å². The first-order valence-electron chi connectivity index (χ1n) is 8.30. The van der Waals surface area contributed by atoms with Gasteiger partial charge in [-0.15, -0.1) is 0 Å². The number of pyridine rings is 1. The topological polar surface area (TPSA) is 45.2 Å². The predicted octanol–water partition coefficient (Wildman–Crippen LogP) is 2.65. The molecule has 0 aliphatic carbocycles. The van der Waals surface area contributed by atoms with Crippen LogP contribution in [0, 0.1) is 0 Å². The molecule has 0 atom stereocenters. The van der Waals surface area contributed by atoms with Crippen molar-refractivity contribution in [1.29, 1.82) is 0 Å². The van der Waals surface area contributed by atoms with Crippen LogP contribution in [0.3, 0.4) is 0 Å². The molecule has 23 heavy (non-hydrogen) atoms. The Morgan fingerprint density at radius 1 is 1.13 bits per heavy atom. The van der Waals surface area contributed by atoms with Gasteiger partial charge in [0, 0.05) is 32.0 Å². The maximum atomic E-state index is 11.9. The van der Waals surface area contributed by atoms with E-state index in [9.17, 15) is 4.79 Å². The van der Waals surface area contributed by atoms with Crippen LogP contribution in [0.5, 0.6) is 0 Å². The average Bonchev–Trinajstić information content (AvgIpc) is 2.62. The molecular formula is C19H23N3O. The molecule has 0 spiro atoms. The minimum absolute atomic E-state index is 0.0370. The zero-order valence-electron chi connectivity index (χ0n) is 13.4. The molecular weight excluding hydrogens is 286 g/mol. The fraction of sp³-hybridized carbons (Fsp3) is 0.368. The largest absolute Gasteiger partial charge is 0.352 e. The third-order valence-electron chi connectivity index (χ3n) is 4.32. The highest BCUT2D eigenvalue weighted by Crippen LogP contribution is 2.18. The van der Waals surface area contributed by atoms with Gasteiger partial charge in [0.15, 0.2) is 0 Å². The summed E-state index contributed by atoms with van der Waals surface area (Å²) in [5.41, 5.74) is 3.58. The van der Waals surface area contributed by atoms with Gasteiger partial charge in [0.25, 0.3) is 5.91 Å². The van der Waals surface area contributed by atoms with Crippen molar-refractivity contribution in [2.75, 3.05) is 19.6 Å². The summed E-state index contributed by atoms with van der Waals surface area (Å²) in [6, 6.07) is 12.3. The number of hydrogen-bond donors (Lipinski definition) is 1. The summed E-state index contributed by atoms with van der Waals surface area (Å²) in [4.78, 5) is 18.4. The Morgan fingerprint density at radius 3 is 2.83 bits per heavy atom. The van der Waals surface area contributed by atoms with Crippen LogP contribution in [0.4, 0.5) is 0 Å². The monoisotopic (exact) mass is 309 g/mol. The molecule has 4 heteroatoms. The van der Waals surface area contributed by atoms with Gasteiger partial charge < -0.3 is 5.32 Å². The second-order valence-corrected chi connectivity index (χ2v) is 6.00. The first-order chi connectivity index (χ1) is 11.3. The highest BCUT2D eigenvalue weighted by Gasteiger charge is 2.14. The van der Waals surface area contributed by atoms with E-state index in [2.05, 4.69) is 39.5 Å². The number of hydrogen-bond acceptors (Lipinski definition) is 3. The number of carbonyl (C=O) groups excluding carboxylic acids is 1. The molecule has 1 aliphatic rings. The van der Waals surface area contributed by atoms with Gasteiger partial charge in [-0.1, -0.05) is 24.3 Å². The van der Waals surface area contributed by atoms with E-state index >= 15 is 0 Å². The van der Waals surface area contributed by atoms with Crippen LogP contribution in [-0.4, -0.2) is 35.4 Å². The number of benzene rings is 1. The van der Waals surface area contributed by atoms with Crippen LogP contribution >= 0.6 is 0 Å². The Morgan fingerprint density at radius 2 is 2.00 bits per heavy atom. The second kappa shape index (κ2) is 7.88. The Bertz CT molecular complexity index is 642. The number of carbonyl (C=O) groups is 1. The van der Waals surface area contributed by atoms with Crippen molar-refractivity contribution in [3.05, 3.63) is 65.5 Å². The first kappa shape index (κ1) is 15.7. The van der Waals surface area contributed by atoms with E-state index < -0.39 is 0 Å². The summed E-state index contributed by atoms with van der Waals surface area (Å²) in [5.74, 6) is -0.0370. The van der Waals surface area contributed by atoms with Gasteiger partial charge >= 0.3 is 0 Å². The summed E-state index contributed by atoms with van der Waals surface area (Å²) in [7, 11) is 0. The number of unbranched alkanes of at least 4 members (excludes halogenated alkanes) is 1. The zero-order valence-corrected chi connectivity index (χ0v) is 13.4. The van der Waals surface area contributed by atoms with Gasteiger partial charge in [0.2, 0.25) is 0 Å². The normalized spacial score (nSPS) is 14.3. The molecule has 1 aromatic carbocycles. The van der Waals surface area contributed by atoms with Crippen LogP contribution in [0.2, 0.25) is 0 Å². The van der Waals surface area contributed by atoms with Crippen LogP contribution < -0.4 is 5.32 Å². The highest BCUT2D eigenvalue weighted by atomic mass is 16.1. The lowest BCUT2D eigenvalue weighted by atomic mass is 10.00. The minimum Gasteiger partial charge on any atom is -0.352 e. The number of rotatable bonds is 6. The van der Waals surface area contributed by atoms with Gasteiger partial charge in [-0.2, -0.15) is 0 Å². The van der Waals surface area contributed by atoms with Crippen molar-refractivity contribution in [1.82, 2.24) is 15.2 Å². The molecule has 1 aliphatic heterocycles. The Kier molecular flexibility index (Phi) is 5.37. The van der Waals surface area contributed by atoms with Gasteiger partial charge in [-0.3, -0.25) is 14.7 Å². The lowest BCUT2D eigenvalue weighted by Crippen LogP contribution is -2.32. The Hall–Kier alpha value is -2.20. The molecule has 1 aromatic heterocycles. The summed E-state index contributed by atoms with van der Waals surface area (Å²) < 4.78 is 0. The number of aromatic nitrogens is 1. The smallest absolute Gasteiger partial charge is 0.252 e. The van der Waals surface area contributed by atoms with E-state index in [1.54, 1.807) is 24.5 Å². The molecule has 120 valence electrons. The molecule has 0 saturated carbocycles. The highest BCUT2D eigenvalue weighted by molar-refractivity contribution is 5.93. The zero-order chi connectivity index (χ0) is 15.9.